The fourth-order valence-corrected chi connectivity index (χ4v) is 3.91. The van der Waals surface area contributed by atoms with Crippen molar-refractivity contribution in [2.75, 3.05) is 0 Å². The number of hydrogen-bond donors (Lipinski definition) is 0. The summed E-state index contributed by atoms with van der Waals surface area (Å²) in [5, 5.41) is 9.00. The van der Waals surface area contributed by atoms with E-state index < -0.39 is 11.7 Å². The van der Waals surface area contributed by atoms with Crippen molar-refractivity contribution in [3.05, 3.63) is 59.5 Å². The lowest BCUT2D eigenvalue weighted by Crippen LogP contribution is -2.08. The van der Waals surface area contributed by atoms with E-state index in [1.165, 1.54) is 0 Å². The first kappa shape index (κ1) is 18.8. The Labute approximate surface area is 171 Å². The maximum absolute atomic E-state index is 14.2. The molecule has 0 bridgehead atoms. The summed E-state index contributed by atoms with van der Waals surface area (Å²) in [6.07, 6.45) is -1.23. The van der Waals surface area contributed by atoms with E-state index in [9.17, 15) is 13.2 Å². The van der Waals surface area contributed by atoms with Crippen LogP contribution >= 0.6 is 0 Å². The summed E-state index contributed by atoms with van der Waals surface area (Å²) in [5.41, 5.74) is 2.36. The van der Waals surface area contributed by atoms with Gasteiger partial charge in [-0.2, -0.15) is 23.4 Å². The summed E-state index contributed by atoms with van der Waals surface area (Å²) < 4.78 is 45.8. The molecule has 0 aliphatic heterocycles. The van der Waals surface area contributed by atoms with Gasteiger partial charge >= 0.3 is 6.18 Å². The Morgan fingerprint density at radius 3 is 2.47 bits per heavy atom. The molecule has 3 heterocycles. The second-order valence-electron chi connectivity index (χ2n) is 7.62. The second kappa shape index (κ2) is 6.68. The van der Waals surface area contributed by atoms with Crippen LogP contribution in [0.4, 0.5) is 13.2 Å². The van der Waals surface area contributed by atoms with Crippen LogP contribution in [0.1, 0.15) is 42.6 Å². The Kier molecular flexibility index (Phi) is 4.20. The van der Waals surface area contributed by atoms with Gasteiger partial charge in [0.2, 0.25) is 0 Å². The molecule has 154 valence electrons. The minimum absolute atomic E-state index is 0.0517. The van der Waals surface area contributed by atoms with Crippen molar-refractivity contribution < 1.29 is 13.2 Å². The lowest BCUT2D eigenvalue weighted by atomic mass is 10.0. The number of para-hydroxylation sites is 1. The Morgan fingerprint density at radius 1 is 1.13 bits per heavy atom. The highest BCUT2D eigenvalue weighted by atomic mass is 19.4. The van der Waals surface area contributed by atoms with Crippen molar-refractivity contribution >= 4 is 11.0 Å². The number of hydrogen-bond acceptors (Lipinski definition) is 3. The largest absolute Gasteiger partial charge is 0.417 e. The Morgan fingerprint density at radius 2 is 1.87 bits per heavy atom. The molecule has 8 heteroatoms. The van der Waals surface area contributed by atoms with Crippen LogP contribution in [0.25, 0.3) is 28.0 Å². The summed E-state index contributed by atoms with van der Waals surface area (Å²) in [4.78, 5) is 4.68. The average molecular weight is 411 g/mol. The number of fused-ring (bicyclic) bond motifs is 1. The number of halogens is 3. The molecule has 0 radical (unpaired) electrons. The lowest BCUT2D eigenvalue weighted by molar-refractivity contribution is -0.136. The number of benzene rings is 1. The van der Waals surface area contributed by atoms with E-state index in [2.05, 4.69) is 15.2 Å². The SMILES string of the molecule is CCn1ncc(-c2cc(C(F)(F)F)c3c(C4CC4)nn(-c4ccccc4)c3n2)c1C. The Balaban J connectivity index is 1.85. The normalized spacial score (nSPS) is 14.6. The predicted octanol–water partition coefficient (Wildman–Crippen LogP) is 5.51. The molecule has 1 fully saturated rings. The highest BCUT2D eigenvalue weighted by molar-refractivity contribution is 5.88. The predicted molar refractivity (Wildman–Crippen MR) is 107 cm³/mol. The number of alkyl halides is 3. The molecule has 5 rings (SSSR count). The van der Waals surface area contributed by atoms with Crippen LogP contribution in [0, 0.1) is 6.92 Å². The van der Waals surface area contributed by atoms with Crippen LogP contribution < -0.4 is 0 Å². The molecule has 1 aliphatic carbocycles. The van der Waals surface area contributed by atoms with Gasteiger partial charge in [0.1, 0.15) is 0 Å². The third-order valence-corrected chi connectivity index (χ3v) is 5.61. The third-order valence-electron chi connectivity index (χ3n) is 5.61. The van der Waals surface area contributed by atoms with Crippen molar-refractivity contribution in [3.63, 3.8) is 0 Å². The third kappa shape index (κ3) is 2.98. The molecule has 0 amide bonds. The van der Waals surface area contributed by atoms with Gasteiger partial charge in [-0.1, -0.05) is 18.2 Å². The van der Waals surface area contributed by atoms with Crippen molar-refractivity contribution in [2.45, 2.75) is 45.3 Å². The average Bonchev–Trinajstić information content (AvgIpc) is 3.40. The first-order chi connectivity index (χ1) is 14.4. The maximum atomic E-state index is 14.2. The molecule has 5 nitrogen and oxygen atoms in total. The zero-order chi connectivity index (χ0) is 21.0. The fraction of sp³-hybridized carbons (Fsp3) is 0.318. The Bertz CT molecular complexity index is 1230. The van der Waals surface area contributed by atoms with Crippen LogP contribution in [-0.4, -0.2) is 24.5 Å². The van der Waals surface area contributed by atoms with Crippen molar-refractivity contribution in [1.82, 2.24) is 24.5 Å². The van der Waals surface area contributed by atoms with E-state index in [1.807, 2.05) is 44.2 Å². The summed E-state index contributed by atoms with van der Waals surface area (Å²) in [5.74, 6) is 0.0517. The first-order valence-corrected chi connectivity index (χ1v) is 9.97. The van der Waals surface area contributed by atoms with Gasteiger partial charge < -0.3 is 0 Å². The van der Waals surface area contributed by atoms with Gasteiger partial charge in [-0.3, -0.25) is 4.68 Å². The number of nitrogens with zero attached hydrogens (tertiary/aromatic N) is 5. The second-order valence-corrected chi connectivity index (χ2v) is 7.62. The van der Waals surface area contributed by atoms with Gasteiger partial charge in [-0.25, -0.2) is 9.67 Å². The molecule has 0 N–H and O–H groups in total. The van der Waals surface area contributed by atoms with Crippen LogP contribution in [0.3, 0.4) is 0 Å². The van der Waals surface area contributed by atoms with Gasteiger partial charge in [-0.15, -0.1) is 0 Å². The van der Waals surface area contributed by atoms with E-state index in [-0.39, 0.29) is 22.6 Å². The van der Waals surface area contributed by atoms with Gasteiger partial charge in [0.15, 0.2) is 5.65 Å². The Hall–Kier alpha value is -3.16. The zero-order valence-electron chi connectivity index (χ0n) is 16.6. The molecule has 0 atom stereocenters. The molecule has 30 heavy (non-hydrogen) atoms. The standard InChI is InChI=1S/C22H20F3N5/c1-3-29-13(2)16(12-26-29)18-11-17(22(23,24)25)19-20(14-9-10-14)28-30(21(19)27-18)15-7-5-4-6-8-15/h4-8,11-12,14H,3,9-10H2,1-2H3. The minimum atomic E-state index is -4.52. The summed E-state index contributed by atoms with van der Waals surface area (Å²) in [7, 11) is 0. The molecule has 3 aromatic heterocycles. The van der Waals surface area contributed by atoms with Crippen LogP contribution in [0.15, 0.2) is 42.6 Å². The van der Waals surface area contributed by atoms with Crippen LogP contribution in [0.5, 0.6) is 0 Å². The molecular weight excluding hydrogens is 391 g/mol. The fourth-order valence-electron chi connectivity index (χ4n) is 3.91. The molecular formula is C22H20F3N5. The molecule has 0 spiro atoms. The monoisotopic (exact) mass is 411 g/mol. The summed E-state index contributed by atoms with van der Waals surface area (Å²) in [6, 6.07) is 10.3. The first-order valence-electron chi connectivity index (χ1n) is 9.97. The van der Waals surface area contributed by atoms with E-state index >= 15 is 0 Å². The summed E-state index contributed by atoms with van der Waals surface area (Å²) in [6.45, 7) is 4.41. The number of rotatable bonds is 4. The highest BCUT2D eigenvalue weighted by Crippen LogP contribution is 2.47. The molecule has 1 aliphatic rings. The molecule has 1 saturated carbocycles. The van der Waals surface area contributed by atoms with E-state index in [0.717, 1.165) is 24.6 Å². The molecule has 4 aromatic rings. The highest BCUT2D eigenvalue weighted by Gasteiger charge is 2.39. The summed E-state index contributed by atoms with van der Waals surface area (Å²) >= 11 is 0. The van der Waals surface area contributed by atoms with Gasteiger partial charge in [0, 0.05) is 23.7 Å². The minimum Gasteiger partial charge on any atom is -0.269 e. The van der Waals surface area contributed by atoms with Crippen molar-refractivity contribution in [1.29, 1.82) is 0 Å². The number of pyridine rings is 1. The molecule has 1 aromatic carbocycles. The zero-order valence-corrected chi connectivity index (χ0v) is 16.6. The van der Waals surface area contributed by atoms with Crippen LogP contribution in [0.2, 0.25) is 0 Å². The maximum Gasteiger partial charge on any atom is 0.417 e. The van der Waals surface area contributed by atoms with Gasteiger partial charge in [0.25, 0.3) is 0 Å². The van der Waals surface area contributed by atoms with Gasteiger partial charge in [0.05, 0.1) is 34.2 Å². The van der Waals surface area contributed by atoms with E-state index in [1.54, 1.807) is 15.6 Å². The van der Waals surface area contributed by atoms with Crippen molar-refractivity contribution in [2.24, 2.45) is 0 Å². The van der Waals surface area contributed by atoms with Gasteiger partial charge in [-0.05, 0) is 44.9 Å². The van der Waals surface area contributed by atoms with E-state index in [4.69, 9.17) is 0 Å². The number of aromatic nitrogens is 5. The smallest absolute Gasteiger partial charge is 0.269 e. The van der Waals surface area contributed by atoms with Crippen LogP contribution in [-0.2, 0) is 12.7 Å². The lowest BCUT2D eigenvalue weighted by Gasteiger charge is -2.12. The van der Waals surface area contributed by atoms with E-state index in [0.29, 0.717) is 23.5 Å². The van der Waals surface area contributed by atoms with Crippen molar-refractivity contribution in [3.8, 4) is 16.9 Å². The number of aryl methyl sites for hydroxylation is 1. The molecule has 0 unspecified atom stereocenters. The topological polar surface area (TPSA) is 48.5 Å². The quantitative estimate of drug-likeness (QED) is 0.445. The molecule has 0 saturated heterocycles.